The Bertz CT molecular complexity index is 840. The molecule has 0 radical (unpaired) electrons. The molecule has 2 aromatic carbocycles. The van der Waals surface area contributed by atoms with Gasteiger partial charge in [-0.15, -0.1) is 0 Å². The summed E-state index contributed by atoms with van der Waals surface area (Å²) in [7, 11) is 0. The summed E-state index contributed by atoms with van der Waals surface area (Å²) in [6.07, 6.45) is 0. The van der Waals surface area contributed by atoms with Crippen LogP contribution in [0, 0.1) is 0 Å². The average Bonchev–Trinajstić information content (AvgIpc) is 2.74. The topological polar surface area (TPSA) is 61.9 Å². The monoisotopic (exact) mass is 435 g/mol. The van der Waals surface area contributed by atoms with Gasteiger partial charge in [0.15, 0.2) is 6.61 Å². The minimum Gasteiger partial charge on any atom is -0.484 e. The van der Waals surface area contributed by atoms with Crippen LogP contribution >= 0.6 is 23.2 Å². The Kier molecular flexibility index (Phi) is 7.75. The summed E-state index contributed by atoms with van der Waals surface area (Å²) in [6.45, 7) is 3.22. The van der Waals surface area contributed by atoms with Crippen molar-refractivity contribution in [1.82, 2.24) is 15.1 Å². The van der Waals surface area contributed by atoms with Gasteiger partial charge < -0.3 is 15.0 Å². The van der Waals surface area contributed by atoms with Gasteiger partial charge in [-0.2, -0.15) is 0 Å². The van der Waals surface area contributed by atoms with Crippen LogP contribution in [0.5, 0.6) is 5.75 Å². The zero-order valence-electron chi connectivity index (χ0n) is 15.9. The molecule has 1 N–H and O–H groups in total. The maximum atomic E-state index is 12.4. The van der Waals surface area contributed by atoms with Crippen molar-refractivity contribution in [2.45, 2.75) is 6.54 Å². The molecule has 0 saturated carbocycles. The second-order valence-corrected chi connectivity index (χ2v) is 7.60. The normalized spacial score (nSPS) is 14.5. The van der Waals surface area contributed by atoms with Gasteiger partial charge in [0.1, 0.15) is 5.75 Å². The molecule has 1 aliphatic heterocycles. The first-order chi connectivity index (χ1) is 14.0. The van der Waals surface area contributed by atoms with Gasteiger partial charge in [0.25, 0.3) is 5.91 Å². The molecule has 2 amide bonds. The first-order valence-electron chi connectivity index (χ1n) is 9.40. The molecule has 8 heteroatoms. The fourth-order valence-electron chi connectivity index (χ4n) is 3.01. The van der Waals surface area contributed by atoms with E-state index in [4.69, 9.17) is 27.9 Å². The van der Waals surface area contributed by atoms with Crippen molar-refractivity contribution in [1.29, 1.82) is 0 Å². The summed E-state index contributed by atoms with van der Waals surface area (Å²) in [5, 5.41) is 3.75. The lowest BCUT2D eigenvalue weighted by atomic mass is 10.2. The fourth-order valence-corrected chi connectivity index (χ4v) is 3.30. The third kappa shape index (κ3) is 6.63. The number of ether oxygens (including phenoxy) is 1. The van der Waals surface area contributed by atoms with Gasteiger partial charge in [0, 0.05) is 38.8 Å². The molecular weight excluding hydrogens is 413 g/mol. The van der Waals surface area contributed by atoms with Crippen LogP contribution in [0.2, 0.25) is 10.0 Å². The van der Waals surface area contributed by atoms with Crippen LogP contribution < -0.4 is 10.1 Å². The molecule has 0 unspecified atom stereocenters. The van der Waals surface area contributed by atoms with Gasteiger partial charge >= 0.3 is 0 Å². The van der Waals surface area contributed by atoms with Crippen LogP contribution in [0.1, 0.15) is 5.56 Å². The van der Waals surface area contributed by atoms with E-state index in [1.807, 2.05) is 35.2 Å². The lowest BCUT2D eigenvalue weighted by Gasteiger charge is -2.34. The van der Waals surface area contributed by atoms with Crippen molar-refractivity contribution < 1.29 is 14.3 Å². The molecule has 0 aliphatic carbocycles. The Balaban J connectivity index is 1.36. The van der Waals surface area contributed by atoms with Crippen LogP contribution in [0.4, 0.5) is 0 Å². The van der Waals surface area contributed by atoms with E-state index in [-0.39, 0.29) is 18.4 Å². The molecule has 2 aromatic rings. The predicted octanol–water partition coefficient (Wildman–Crippen LogP) is 2.83. The number of amides is 2. The highest BCUT2D eigenvalue weighted by Gasteiger charge is 2.22. The number of hydrogen-bond acceptors (Lipinski definition) is 4. The molecule has 1 saturated heterocycles. The SMILES string of the molecule is O=C(CN1CCN(C(=O)COc2ccc(Cl)c(Cl)c2)CC1)NCc1ccccc1. The van der Waals surface area contributed by atoms with E-state index in [1.54, 1.807) is 23.1 Å². The summed E-state index contributed by atoms with van der Waals surface area (Å²) in [5.74, 6) is 0.391. The van der Waals surface area contributed by atoms with Crippen LogP contribution in [0.15, 0.2) is 48.5 Å². The molecule has 6 nitrogen and oxygen atoms in total. The number of piperazine rings is 1. The van der Waals surface area contributed by atoms with Gasteiger partial charge in [-0.25, -0.2) is 0 Å². The second-order valence-electron chi connectivity index (χ2n) is 6.78. The Labute approximate surface area is 180 Å². The minimum absolute atomic E-state index is 0.0171. The molecule has 1 fully saturated rings. The zero-order valence-corrected chi connectivity index (χ0v) is 17.5. The van der Waals surface area contributed by atoms with Crippen LogP contribution in [-0.2, 0) is 16.1 Å². The zero-order chi connectivity index (χ0) is 20.6. The van der Waals surface area contributed by atoms with E-state index in [2.05, 4.69) is 5.32 Å². The largest absolute Gasteiger partial charge is 0.484 e. The maximum Gasteiger partial charge on any atom is 0.260 e. The van der Waals surface area contributed by atoms with Gasteiger partial charge in [-0.1, -0.05) is 53.5 Å². The Morgan fingerprint density at radius 2 is 1.69 bits per heavy atom. The van der Waals surface area contributed by atoms with E-state index in [0.29, 0.717) is 55.1 Å². The minimum atomic E-state index is -0.0933. The number of benzene rings is 2. The summed E-state index contributed by atoms with van der Waals surface area (Å²) < 4.78 is 5.51. The fraction of sp³-hybridized carbons (Fsp3) is 0.333. The molecule has 154 valence electrons. The molecule has 0 spiro atoms. The van der Waals surface area contributed by atoms with Gasteiger partial charge in [0.2, 0.25) is 5.91 Å². The number of carbonyl (C=O) groups excluding carboxylic acids is 2. The Morgan fingerprint density at radius 3 is 2.38 bits per heavy atom. The van der Waals surface area contributed by atoms with Crippen LogP contribution in [0.3, 0.4) is 0 Å². The van der Waals surface area contributed by atoms with Crippen molar-refractivity contribution in [2.24, 2.45) is 0 Å². The summed E-state index contributed by atoms with van der Waals surface area (Å²) in [6, 6.07) is 14.7. The maximum absolute atomic E-state index is 12.4. The van der Waals surface area contributed by atoms with Crippen molar-refractivity contribution in [3.63, 3.8) is 0 Å². The van der Waals surface area contributed by atoms with Crippen LogP contribution in [0.25, 0.3) is 0 Å². The summed E-state index contributed by atoms with van der Waals surface area (Å²) in [4.78, 5) is 28.3. The third-order valence-corrected chi connectivity index (χ3v) is 5.42. The number of nitrogens with zero attached hydrogens (tertiary/aromatic N) is 2. The highest BCUT2D eigenvalue weighted by molar-refractivity contribution is 6.42. The second kappa shape index (κ2) is 10.5. The molecule has 0 atom stereocenters. The first kappa shape index (κ1) is 21.4. The van der Waals surface area contributed by atoms with E-state index in [1.165, 1.54) is 0 Å². The van der Waals surface area contributed by atoms with Crippen molar-refractivity contribution in [3.05, 3.63) is 64.1 Å². The standard InChI is InChI=1S/C21H23Cl2N3O3/c22-18-7-6-17(12-19(18)23)29-15-21(28)26-10-8-25(9-11-26)14-20(27)24-13-16-4-2-1-3-5-16/h1-7,12H,8-11,13-15H2,(H,24,27). The molecular formula is C21H23Cl2N3O3. The first-order valence-corrected chi connectivity index (χ1v) is 10.2. The van der Waals surface area contributed by atoms with E-state index < -0.39 is 0 Å². The highest BCUT2D eigenvalue weighted by atomic mass is 35.5. The smallest absolute Gasteiger partial charge is 0.260 e. The summed E-state index contributed by atoms with van der Waals surface area (Å²) >= 11 is 11.8. The number of rotatable bonds is 7. The Hall–Kier alpha value is -2.28. The highest BCUT2D eigenvalue weighted by Crippen LogP contribution is 2.26. The molecule has 0 bridgehead atoms. The Morgan fingerprint density at radius 1 is 0.966 bits per heavy atom. The van der Waals surface area contributed by atoms with Gasteiger partial charge in [0.05, 0.1) is 16.6 Å². The molecule has 1 heterocycles. The predicted molar refractivity (Wildman–Crippen MR) is 113 cm³/mol. The summed E-state index contributed by atoms with van der Waals surface area (Å²) in [5.41, 5.74) is 1.07. The quantitative estimate of drug-likeness (QED) is 0.725. The van der Waals surface area contributed by atoms with Crippen molar-refractivity contribution in [3.8, 4) is 5.75 Å². The molecule has 0 aromatic heterocycles. The van der Waals surface area contributed by atoms with Crippen LogP contribution in [-0.4, -0.2) is 60.9 Å². The van der Waals surface area contributed by atoms with Crippen molar-refractivity contribution >= 4 is 35.0 Å². The van der Waals surface area contributed by atoms with E-state index in [0.717, 1.165) is 5.56 Å². The average molecular weight is 436 g/mol. The van der Waals surface area contributed by atoms with Gasteiger partial charge in [-0.3, -0.25) is 14.5 Å². The molecule has 3 rings (SSSR count). The lowest BCUT2D eigenvalue weighted by Crippen LogP contribution is -2.52. The third-order valence-electron chi connectivity index (χ3n) is 4.68. The van der Waals surface area contributed by atoms with E-state index >= 15 is 0 Å². The number of halogens is 2. The molecule has 1 aliphatic rings. The van der Waals surface area contributed by atoms with Gasteiger partial charge in [-0.05, 0) is 17.7 Å². The van der Waals surface area contributed by atoms with Crippen molar-refractivity contribution in [2.75, 3.05) is 39.3 Å². The lowest BCUT2D eigenvalue weighted by molar-refractivity contribution is -0.135. The number of hydrogen-bond donors (Lipinski definition) is 1. The van der Waals surface area contributed by atoms with E-state index in [9.17, 15) is 9.59 Å². The molecule has 29 heavy (non-hydrogen) atoms. The number of nitrogens with one attached hydrogen (secondary N) is 1. The number of carbonyl (C=O) groups is 2.